The van der Waals surface area contributed by atoms with E-state index in [0.29, 0.717) is 10.0 Å². The van der Waals surface area contributed by atoms with E-state index < -0.39 is 11.0 Å². The van der Waals surface area contributed by atoms with Crippen LogP contribution in [0, 0.1) is 10.1 Å². The van der Waals surface area contributed by atoms with Crippen LogP contribution in [0.2, 0.25) is 0 Å². The summed E-state index contributed by atoms with van der Waals surface area (Å²) in [5, 5.41) is 20.8. The van der Waals surface area contributed by atoms with Crippen LogP contribution < -0.4 is 4.74 Å². The fraction of sp³-hybridized carbons (Fsp3) is 0.500. The maximum atomic E-state index is 11.1. The Hall–Kier alpha value is -1.18. The minimum absolute atomic E-state index is 0.0760. The van der Waals surface area contributed by atoms with Crippen molar-refractivity contribution < 1.29 is 19.5 Å². The summed E-state index contributed by atoms with van der Waals surface area (Å²) in [6.45, 7) is 3.48. The van der Waals surface area contributed by atoms with E-state index in [0.717, 1.165) is 0 Å². The number of nitro groups is 1. The van der Waals surface area contributed by atoms with Crippen LogP contribution in [-0.4, -0.2) is 29.9 Å². The van der Waals surface area contributed by atoms with Crippen molar-refractivity contribution in [3.8, 4) is 5.75 Å². The summed E-state index contributed by atoms with van der Waals surface area (Å²) in [5.41, 5.74) is 0.179. The molecule has 0 aliphatic carbocycles. The smallest absolute Gasteiger partial charge is 0.312 e. The highest BCUT2D eigenvalue weighted by atomic mass is 79.9. The van der Waals surface area contributed by atoms with E-state index in [1.165, 1.54) is 20.1 Å². The molecule has 0 aliphatic heterocycles. The Bertz CT molecular complexity index is 464. The van der Waals surface area contributed by atoms with Gasteiger partial charge in [0.05, 0.1) is 17.1 Å². The fourth-order valence-corrected chi connectivity index (χ4v) is 1.94. The van der Waals surface area contributed by atoms with Crippen LogP contribution in [-0.2, 0) is 4.74 Å². The highest BCUT2D eigenvalue weighted by molar-refractivity contribution is 9.10. The zero-order valence-electron chi connectivity index (χ0n) is 10.9. The SMILES string of the molecule is COC(C)COc1c(C(C)O)cc(Br)cc1[N+](=O)[O-]. The van der Waals surface area contributed by atoms with Gasteiger partial charge in [0.25, 0.3) is 0 Å². The first kappa shape index (κ1) is 15.9. The van der Waals surface area contributed by atoms with Gasteiger partial charge < -0.3 is 14.6 Å². The Morgan fingerprint density at radius 1 is 1.47 bits per heavy atom. The van der Waals surface area contributed by atoms with E-state index in [9.17, 15) is 15.2 Å². The summed E-state index contributed by atoms with van der Waals surface area (Å²) in [6.07, 6.45) is -1.07. The molecular formula is C12H16BrNO5. The van der Waals surface area contributed by atoms with E-state index in [4.69, 9.17) is 9.47 Å². The number of rotatable bonds is 6. The molecule has 1 aromatic carbocycles. The average molecular weight is 334 g/mol. The molecule has 0 aromatic heterocycles. The number of ether oxygens (including phenoxy) is 2. The van der Waals surface area contributed by atoms with Gasteiger partial charge in [-0.2, -0.15) is 0 Å². The average Bonchev–Trinajstić information content (AvgIpc) is 2.35. The van der Waals surface area contributed by atoms with Gasteiger partial charge in [-0.3, -0.25) is 10.1 Å². The summed E-state index contributed by atoms with van der Waals surface area (Å²) < 4.78 is 11.0. The Balaban J connectivity index is 3.19. The van der Waals surface area contributed by atoms with Gasteiger partial charge in [0.2, 0.25) is 5.75 Å². The van der Waals surface area contributed by atoms with Crippen molar-refractivity contribution in [2.75, 3.05) is 13.7 Å². The van der Waals surface area contributed by atoms with Crippen LogP contribution in [0.3, 0.4) is 0 Å². The molecule has 19 heavy (non-hydrogen) atoms. The lowest BCUT2D eigenvalue weighted by molar-refractivity contribution is -0.386. The highest BCUT2D eigenvalue weighted by Gasteiger charge is 2.23. The molecule has 0 heterocycles. The van der Waals surface area contributed by atoms with Gasteiger partial charge in [0.15, 0.2) is 0 Å². The van der Waals surface area contributed by atoms with E-state index in [-0.39, 0.29) is 24.1 Å². The molecule has 7 heteroatoms. The number of halogens is 1. The van der Waals surface area contributed by atoms with Crippen LogP contribution in [0.1, 0.15) is 25.5 Å². The number of nitrogens with zero attached hydrogens (tertiary/aromatic N) is 1. The highest BCUT2D eigenvalue weighted by Crippen LogP contribution is 2.37. The zero-order valence-corrected chi connectivity index (χ0v) is 12.5. The normalized spacial score (nSPS) is 13.9. The third kappa shape index (κ3) is 4.15. The molecular weight excluding hydrogens is 318 g/mol. The van der Waals surface area contributed by atoms with Crippen molar-refractivity contribution in [2.24, 2.45) is 0 Å². The monoisotopic (exact) mass is 333 g/mol. The summed E-state index contributed by atoms with van der Waals surface area (Å²) in [6, 6.07) is 2.95. The fourth-order valence-electron chi connectivity index (χ4n) is 1.47. The second kappa shape index (κ2) is 6.83. The lowest BCUT2D eigenvalue weighted by Gasteiger charge is -2.16. The minimum Gasteiger partial charge on any atom is -0.484 e. The van der Waals surface area contributed by atoms with Crippen LogP contribution in [0.4, 0.5) is 5.69 Å². The predicted octanol–water partition coefficient (Wildman–Crippen LogP) is 2.82. The molecule has 1 N–H and O–H groups in total. The minimum atomic E-state index is -0.871. The summed E-state index contributed by atoms with van der Waals surface area (Å²) in [4.78, 5) is 10.5. The molecule has 106 valence electrons. The molecule has 1 rings (SSSR count). The van der Waals surface area contributed by atoms with Gasteiger partial charge in [0, 0.05) is 23.2 Å². The first-order valence-electron chi connectivity index (χ1n) is 5.68. The van der Waals surface area contributed by atoms with Gasteiger partial charge >= 0.3 is 5.69 Å². The van der Waals surface area contributed by atoms with Gasteiger partial charge in [0.1, 0.15) is 6.61 Å². The largest absolute Gasteiger partial charge is 0.484 e. The van der Waals surface area contributed by atoms with Crippen LogP contribution in [0.15, 0.2) is 16.6 Å². The molecule has 0 radical (unpaired) electrons. The Kier molecular flexibility index (Phi) is 5.71. The molecule has 2 atom stereocenters. The molecule has 0 fully saturated rings. The van der Waals surface area contributed by atoms with Crippen LogP contribution in [0.25, 0.3) is 0 Å². The van der Waals surface area contributed by atoms with E-state index in [1.807, 2.05) is 0 Å². The van der Waals surface area contributed by atoms with Crippen molar-refractivity contribution in [3.05, 3.63) is 32.3 Å². The standard InChI is InChI=1S/C12H16BrNO5/c1-7(18-3)6-19-12-10(8(2)15)4-9(13)5-11(12)14(16)17/h4-5,7-8,15H,6H2,1-3H3. The first-order chi connectivity index (χ1) is 8.86. The van der Waals surface area contributed by atoms with Gasteiger partial charge in [-0.05, 0) is 19.9 Å². The number of hydrogen-bond acceptors (Lipinski definition) is 5. The van der Waals surface area contributed by atoms with Crippen molar-refractivity contribution in [2.45, 2.75) is 26.1 Å². The van der Waals surface area contributed by atoms with E-state index in [2.05, 4.69) is 15.9 Å². The Morgan fingerprint density at radius 2 is 2.11 bits per heavy atom. The van der Waals surface area contributed by atoms with Gasteiger partial charge in [-0.1, -0.05) is 15.9 Å². The van der Waals surface area contributed by atoms with Crippen molar-refractivity contribution >= 4 is 21.6 Å². The molecule has 0 bridgehead atoms. The van der Waals surface area contributed by atoms with E-state index >= 15 is 0 Å². The topological polar surface area (TPSA) is 81.8 Å². The molecule has 0 spiro atoms. The number of hydrogen-bond donors (Lipinski definition) is 1. The molecule has 0 amide bonds. The van der Waals surface area contributed by atoms with Gasteiger partial charge in [-0.15, -0.1) is 0 Å². The lowest BCUT2D eigenvalue weighted by Crippen LogP contribution is -2.17. The molecule has 1 aromatic rings. The molecule has 2 unspecified atom stereocenters. The van der Waals surface area contributed by atoms with Crippen molar-refractivity contribution in [3.63, 3.8) is 0 Å². The van der Waals surface area contributed by atoms with Crippen LogP contribution >= 0.6 is 15.9 Å². The Labute approximate surface area is 119 Å². The number of aliphatic hydroxyl groups excluding tert-OH is 1. The quantitative estimate of drug-likeness (QED) is 0.639. The Morgan fingerprint density at radius 3 is 2.58 bits per heavy atom. The number of nitro benzene ring substituents is 1. The van der Waals surface area contributed by atoms with Crippen LogP contribution in [0.5, 0.6) is 5.75 Å². The van der Waals surface area contributed by atoms with E-state index in [1.54, 1.807) is 13.0 Å². The maximum Gasteiger partial charge on any atom is 0.312 e. The summed E-state index contributed by atoms with van der Waals surface area (Å²) in [7, 11) is 1.53. The summed E-state index contributed by atoms with van der Waals surface area (Å²) in [5.74, 6) is 0.0760. The number of aliphatic hydroxyl groups is 1. The zero-order chi connectivity index (χ0) is 14.6. The second-order valence-electron chi connectivity index (χ2n) is 4.13. The third-order valence-corrected chi connectivity index (χ3v) is 3.03. The number of methoxy groups -OCH3 is 1. The molecule has 0 aliphatic rings. The predicted molar refractivity (Wildman–Crippen MR) is 73.4 cm³/mol. The van der Waals surface area contributed by atoms with Crippen molar-refractivity contribution in [1.29, 1.82) is 0 Å². The van der Waals surface area contributed by atoms with Gasteiger partial charge in [-0.25, -0.2) is 0 Å². The molecule has 0 saturated carbocycles. The lowest BCUT2D eigenvalue weighted by atomic mass is 10.1. The number of benzene rings is 1. The maximum absolute atomic E-state index is 11.1. The second-order valence-corrected chi connectivity index (χ2v) is 5.05. The summed E-state index contributed by atoms with van der Waals surface area (Å²) >= 11 is 3.18. The third-order valence-electron chi connectivity index (χ3n) is 2.57. The first-order valence-corrected chi connectivity index (χ1v) is 6.47. The molecule has 6 nitrogen and oxygen atoms in total. The molecule has 0 saturated heterocycles. The van der Waals surface area contributed by atoms with Crippen molar-refractivity contribution in [1.82, 2.24) is 0 Å².